The van der Waals surface area contributed by atoms with E-state index < -0.39 is 0 Å². The Morgan fingerprint density at radius 1 is 1.36 bits per heavy atom. The molecular weight excluding hydrogens is 308 g/mol. The molecule has 0 bridgehead atoms. The van der Waals surface area contributed by atoms with Gasteiger partial charge in [-0.2, -0.15) is 0 Å². The van der Waals surface area contributed by atoms with E-state index in [-0.39, 0.29) is 30.9 Å². The van der Waals surface area contributed by atoms with Crippen LogP contribution in [0, 0.1) is 0 Å². The Balaban J connectivity index is 0.00000242. The van der Waals surface area contributed by atoms with Gasteiger partial charge in [0.25, 0.3) is 0 Å². The summed E-state index contributed by atoms with van der Waals surface area (Å²) in [6.45, 7) is 2.75. The number of nitrogens with zero attached hydrogens (tertiary/aromatic N) is 1. The highest BCUT2D eigenvalue weighted by atomic mass is 35.5. The lowest BCUT2D eigenvalue weighted by Gasteiger charge is -2.14. The highest BCUT2D eigenvalue weighted by Crippen LogP contribution is 2.19. The summed E-state index contributed by atoms with van der Waals surface area (Å²) in [6, 6.07) is 7.12. The fourth-order valence-corrected chi connectivity index (χ4v) is 2.02. The zero-order valence-corrected chi connectivity index (χ0v) is 13.2. The van der Waals surface area contributed by atoms with Crippen LogP contribution in [0.4, 0.5) is 16.2 Å². The molecule has 0 radical (unpaired) electrons. The maximum Gasteiger partial charge on any atom is 0.321 e. The van der Waals surface area contributed by atoms with Gasteiger partial charge in [-0.05, 0) is 24.3 Å². The Morgan fingerprint density at radius 2 is 2.09 bits per heavy atom. The molecule has 0 saturated carbocycles. The first-order valence-corrected chi connectivity index (χ1v) is 6.85. The molecule has 1 aromatic rings. The number of rotatable bonds is 7. The number of amides is 3. The van der Waals surface area contributed by atoms with Gasteiger partial charge < -0.3 is 20.7 Å². The lowest BCUT2D eigenvalue weighted by molar-refractivity contribution is -0.115. The number of carbonyl (C=O) groups excluding carboxylic acids is 2. The number of methoxy groups -OCH3 is 1. The Hall–Kier alpha value is -1.83. The lowest BCUT2D eigenvalue weighted by atomic mass is 10.2. The van der Waals surface area contributed by atoms with Gasteiger partial charge in [-0.25, -0.2) is 4.79 Å². The number of hydrogen-bond donors (Lipinski definition) is 3. The van der Waals surface area contributed by atoms with E-state index in [4.69, 9.17) is 4.74 Å². The van der Waals surface area contributed by atoms with Crippen molar-refractivity contribution in [2.24, 2.45) is 0 Å². The Labute approximate surface area is 135 Å². The zero-order valence-electron chi connectivity index (χ0n) is 12.4. The molecule has 122 valence electrons. The molecule has 3 N–H and O–H groups in total. The van der Waals surface area contributed by atoms with Crippen LogP contribution in [-0.2, 0) is 9.53 Å². The van der Waals surface area contributed by atoms with Crippen LogP contribution in [0.15, 0.2) is 24.3 Å². The number of anilines is 2. The quantitative estimate of drug-likeness (QED) is 0.647. The number of ether oxygens (including phenoxy) is 1. The molecular formula is C14H21ClN4O3. The van der Waals surface area contributed by atoms with Gasteiger partial charge in [0.1, 0.15) is 0 Å². The van der Waals surface area contributed by atoms with Crippen LogP contribution in [0.25, 0.3) is 0 Å². The Bertz CT molecular complexity index is 495. The van der Waals surface area contributed by atoms with Gasteiger partial charge >= 0.3 is 6.03 Å². The summed E-state index contributed by atoms with van der Waals surface area (Å²) in [4.78, 5) is 24.9. The van der Waals surface area contributed by atoms with Crippen LogP contribution < -0.4 is 20.9 Å². The third kappa shape index (κ3) is 5.18. The molecule has 1 aromatic carbocycles. The predicted octanol–water partition coefficient (Wildman–Crippen LogP) is 0.812. The standard InChI is InChI=1S/C14H20N4O3.ClH/c1-21-9-7-15-10-13(19)17-11-2-4-12(5-3-11)18-8-6-16-14(18)20;/h2-5,15H,6-10H2,1H3,(H,16,20)(H,17,19);1H. The van der Waals surface area contributed by atoms with Crippen molar-refractivity contribution in [1.29, 1.82) is 0 Å². The third-order valence-corrected chi connectivity index (χ3v) is 3.09. The first kappa shape index (κ1) is 18.2. The minimum absolute atomic E-state index is 0. The van der Waals surface area contributed by atoms with Crippen LogP contribution in [0.3, 0.4) is 0 Å². The van der Waals surface area contributed by atoms with Gasteiger partial charge in [-0.1, -0.05) is 0 Å². The maximum atomic E-state index is 11.7. The number of urea groups is 1. The summed E-state index contributed by atoms with van der Waals surface area (Å²) in [5.41, 5.74) is 1.53. The minimum Gasteiger partial charge on any atom is -0.383 e. The van der Waals surface area contributed by atoms with Crippen molar-refractivity contribution in [1.82, 2.24) is 10.6 Å². The second kappa shape index (κ2) is 9.24. The molecule has 1 aliphatic rings. The summed E-state index contributed by atoms with van der Waals surface area (Å²) in [5.74, 6) is -0.113. The second-order valence-electron chi connectivity index (χ2n) is 4.65. The van der Waals surface area contributed by atoms with Crippen molar-refractivity contribution >= 4 is 35.7 Å². The topological polar surface area (TPSA) is 82.7 Å². The van der Waals surface area contributed by atoms with Gasteiger partial charge in [0, 0.05) is 38.1 Å². The van der Waals surface area contributed by atoms with E-state index in [0.29, 0.717) is 31.9 Å². The molecule has 1 fully saturated rings. The van der Waals surface area contributed by atoms with E-state index >= 15 is 0 Å². The number of halogens is 1. The maximum absolute atomic E-state index is 11.7. The molecule has 7 nitrogen and oxygen atoms in total. The van der Waals surface area contributed by atoms with E-state index in [9.17, 15) is 9.59 Å². The van der Waals surface area contributed by atoms with Crippen molar-refractivity contribution < 1.29 is 14.3 Å². The molecule has 1 heterocycles. The van der Waals surface area contributed by atoms with Crippen molar-refractivity contribution in [3.05, 3.63) is 24.3 Å². The van der Waals surface area contributed by atoms with Crippen molar-refractivity contribution in [3.63, 3.8) is 0 Å². The molecule has 2 rings (SSSR count). The molecule has 0 aliphatic carbocycles. The molecule has 0 spiro atoms. The second-order valence-corrected chi connectivity index (χ2v) is 4.65. The van der Waals surface area contributed by atoms with E-state index in [0.717, 1.165) is 5.69 Å². The number of benzene rings is 1. The SMILES string of the molecule is COCCNCC(=O)Nc1ccc(N2CCNC2=O)cc1.Cl. The summed E-state index contributed by atoms with van der Waals surface area (Å²) >= 11 is 0. The molecule has 0 aromatic heterocycles. The van der Waals surface area contributed by atoms with Crippen LogP contribution in [0.2, 0.25) is 0 Å². The highest BCUT2D eigenvalue weighted by molar-refractivity contribution is 5.95. The van der Waals surface area contributed by atoms with Crippen LogP contribution in [0.1, 0.15) is 0 Å². The van der Waals surface area contributed by atoms with Gasteiger partial charge in [0.05, 0.1) is 13.2 Å². The van der Waals surface area contributed by atoms with E-state index in [1.165, 1.54) is 0 Å². The number of hydrogen-bond acceptors (Lipinski definition) is 4. The highest BCUT2D eigenvalue weighted by Gasteiger charge is 2.20. The largest absolute Gasteiger partial charge is 0.383 e. The predicted molar refractivity (Wildman–Crippen MR) is 87.8 cm³/mol. The normalized spacial score (nSPS) is 13.5. The summed E-state index contributed by atoms with van der Waals surface area (Å²) < 4.78 is 4.88. The molecule has 8 heteroatoms. The van der Waals surface area contributed by atoms with E-state index in [1.807, 2.05) is 12.1 Å². The van der Waals surface area contributed by atoms with Crippen LogP contribution in [-0.4, -0.2) is 51.8 Å². The molecule has 3 amide bonds. The van der Waals surface area contributed by atoms with Crippen molar-refractivity contribution in [2.45, 2.75) is 0 Å². The van der Waals surface area contributed by atoms with Crippen LogP contribution >= 0.6 is 12.4 Å². The fraction of sp³-hybridized carbons (Fsp3) is 0.429. The molecule has 0 unspecified atom stereocenters. The van der Waals surface area contributed by atoms with Gasteiger partial charge in [0.2, 0.25) is 5.91 Å². The van der Waals surface area contributed by atoms with Crippen LogP contribution in [0.5, 0.6) is 0 Å². The number of carbonyl (C=O) groups is 2. The Kier molecular flexibility index (Phi) is 7.65. The Morgan fingerprint density at radius 3 is 2.68 bits per heavy atom. The molecule has 0 atom stereocenters. The van der Waals surface area contributed by atoms with Crippen molar-refractivity contribution in [3.8, 4) is 0 Å². The average molecular weight is 329 g/mol. The monoisotopic (exact) mass is 328 g/mol. The van der Waals surface area contributed by atoms with E-state index in [1.54, 1.807) is 24.1 Å². The molecule has 1 saturated heterocycles. The summed E-state index contributed by atoms with van der Waals surface area (Å²) in [5, 5.41) is 8.50. The molecule has 22 heavy (non-hydrogen) atoms. The first-order chi connectivity index (χ1) is 10.2. The van der Waals surface area contributed by atoms with Gasteiger partial charge in [-0.15, -0.1) is 12.4 Å². The smallest absolute Gasteiger partial charge is 0.321 e. The fourth-order valence-electron chi connectivity index (χ4n) is 2.02. The first-order valence-electron chi connectivity index (χ1n) is 6.85. The average Bonchev–Trinajstić information content (AvgIpc) is 2.91. The van der Waals surface area contributed by atoms with Gasteiger partial charge in [0.15, 0.2) is 0 Å². The summed E-state index contributed by atoms with van der Waals surface area (Å²) in [6.07, 6.45) is 0. The van der Waals surface area contributed by atoms with E-state index in [2.05, 4.69) is 16.0 Å². The lowest BCUT2D eigenvalue weighted by Crippen LogP contribution is -2.30. The third-order valence-electron chi connectivity index (χ3n) is 3.09. The molecule has 1 aliphatic heterocycles. The van der Waals surface area contributed by atoms with Crippen molar-refractivity contribution in [2.75, 3.05) is 50.1 Å². The van der Waals surface area contributed by atoms with Gasteiger partial charge in [-0.3, -0.25) is 9.69 Å². The minimum atomic E-state index is -0.113. The summed E-state index contributed by atoms with van der Waals surface area (Å²) in [7, 11) is 1.62. The zero-order chi connectivity index (χ0) is 15.1. The number of nitrogens with one attached hydrogen (secondary N) is 3.